The van der Waals surface area contributed by atoms with E-state index in [1.165, 1.54) is 6.07 Å². The molecule has 1 aromatic rings. The molecule has 0 aromatic heterocycles. The standard InChI is InChI=1S/C18H24FN3O4S/c1-27(25,26)20-9-6-17(23)22-11-8-15-16(22)12-18(24)21(15)10-7-13-4-2-3-5-14(13)19/h2-5,15-16,20H,6-12H2,1H3/t15-,16-/m0/s1. The van der Waals surface area contributed by atoms with E-state index in [9.17, 15) is 22.4 Å². The van der Waals surface area contributed by atoms with E-state index in [0.717, 1.165) is 6.26 Å². The molecule has 27 heavy (non-hydrogen) atoms. The number of sulfonamides is 1. The van der Waals surface area contributed by atoms with Crippen molar-refractivity contribution in [3.8, 4) is 0 Å². The van der Waals surface area contributed by atoms with Crippen LogP contribution in [0.4, 0.5) is 4.39 Å². The quantitative estimate of drug-likeness (QED) is 0.726. The van der Waals surface area contributed by atoms with Gasteiger partial charge in [0.1, 0.15) is 5.82 Å². The van der Waals surface area contributed by atoms with Gasteiger partial charge >= 0.3 is 0 Å². The number of carbonyl (C=O) groups excluding carboxylic acids is 2. The van der Waals surface area contributed by atoms with Crippen LogP contribution in [0.3, 0.4) is 0 Å². The van der Waals surface area contributed by atoms with Gasteiger partial charge in [-0.05, 0) is 24.5 Å². The van der Waals surface area contributed by atoms with Crippen molar-refractivity contribution in [2.45, 2.75) is 37.8 Å². The van der Waals surface area contributed by atoms with E-state index in [-0.39, 0.29) is 49.1 Å². The fraction of sp³-hybridized carbons (Fsp3) is 0.556. The van der Waals surface area contributed by atoms with Crippen LogP contribution < -0.4 is 4.72 Å². The molecule has 2 aliphatic heterocycles. The summed E-state index contributed by atoms with van der Waals surface area (Å²) in [6.07, 6.45) is 2.52. The highest BCUT2D eigenvalue weighted by molar-refractivity contribution is 7.88. The molecule has 0 aliphatic carbocycles. The third-order valence-corrected chi connectivity index (χ3v) is 5.95. The highest BCUT2D eigenvalue weighted by Crippen LogP contribution is 2.33. The van der Waals surface area contributed by atoms with Gasteiger partial charge in [0.25, 0.3) is 0 Å². The number of likely N-dealkylation sites (tertiary alicyclic amines) is 2. The topological polar surface area (TPSA) is 86.8 Å². The third-order valence-electron chi connectivity index (χ3n) is 5.22. The van der Waals surface area contributed by atoms with E-state index in [1.807, 2.05) is 0 Å². The number of amides is 2. The predicted molar refractivity (Wildman–Crippen MR) is 97.8 cm³/mol. The first-order valence-corrected chi connectivity index (χ1v) is 10.9. The average molecular weight is 397 g/mol. The Morgan fingerprint density at radius 2 is 2.04 bits per heavy atom. The van der Waals surface area contributed by atoms with Gasteiger partial charge in [-0.15, -0.1) is 0 Å². The van der Waals surface area contributed by atoms with Crippen LogP contribution in [0.15, 0.2) is 24.3 Å². The maximum atomic E-state index is 13.8. The van der Waals surface area contributed by atoms with Gasteiger partial charge in [0.15, 0.2) is 0 Å². The zero-order valence-electron chi connectivity index (χ0n) is 15.2. The van der Waals surface area contributed by atoms with Gasteiger partial charge in [-0.25, -0.2) is 17.5 Å². The maximum Gasteiger partial charge on any atom is 0.225 e. The lowest BCUT2D eigenvalue weighted by molar-refractivity contribution is -0.132. The van der Waals surface area contributed by atoms with E-state index in [2.05, 4.69) is 4.72 Å². The Hall–Kier alpha value is -2.00. The summed E-state index contributed by atoms with van der Waals surface area (Å²) < 4.78 is 38.3. The Morgan fingerprint density at radius 1 is 1.30 bits per heavy atom. The van der Waals surface area contributed by atoms with E-state index >= 15 is 0 Å². The third kappa shape index (κ3) is 4.65. The highest BCUT2D eigenvalue weighted by atomic mass is 32.2. The van der Waals surface area contributed by atoms with Gasteiger partial charge in [0, 0.05) is 32.5 Å². The molecule has 2 heterocycles. The van der Waals surface area contributed by atoms with Gasteiger partial charge in [-0.1, -0.05) is 18.2 Å². The lowest BCUT2D eigenvalue weighted by atomic mass is 10.1. The van der Waals surface area contributed by atoms with Gasteiger partial charge in [0.05, 0.1) is 18.3 Å². The summed E-state index contributed by atoms with van der Waals surface area (Å²) in [6, 6.07) is 6.31. The summed E-state index contributed by atoms with van der Waals surface area (Å²) in [5.74, 6) is -0.446. The lowest BCUT2D eigenvalue weighted by Gasteiger charge is -2.25. The van der Waals surface area contributed by atoms with Crippen LogP contribution >= 0.6 is 0 Å². The first kappa shape index (κ1) is 19.8. The van der Waals surface area contributed by atoms with Crippen molar-refractivity contribution in [3.05, 3.63) is 35.6 Å². The highest BCUT2D eigenvalue weighted by Gasteiger charge is 2.47. The van der Waals surface area contributed by atoms with Crippen molar-refractivity contribution in [2.24, 2.45) is 0 Å². The number of nitrogens with zero attached hydrogens (tertiary/aromatic N) is 2. The van der Waals surface area contributed by atoms with Gasteiger partial charge in [0.2, 0.25) is 21.8 Å². The molecule has 2 saturated heterocycles. The van der Waals surface area contributed by atoms with Crippen molar-refractivity contribution in [3.63, 3.8) is 0 Å². The van der Waals surface area contributed by atoms with Gasteiger partial charge in [-0.3, -0.25) is 9.59 Å². The van der Waals surface area contributed by atoms with Crippen LogP contribution in [0.5, 0.6) is 0 Å². The predicted octanol–water partition coefficient (Wildman–Crippen LogP) is 0.509. The van der Waals surface area contributed by atoms with E-state index < -0.39 is 10.0 Å². The molecule has 0 radical (unpaired) electrons. The van der Waals surface area contributed by atoms with Crippen LogP contribution in [0, 0.1) is 5.82 Å². The molecule has 0 bridgehead atoms. The molecule has 0 unspecified atom stereocenters. The number of halogens is 1. The summed E-state index contributed by atoms with van der Waals surface area (Å²) in [5, 5.41) is 0. The molecular formula is C18H24FN3O4S. The molecule has 1 N–H and O–H groups in total. The van der Waals surface area contributed by atoms with E-state index in [1.54, 1.807) is 28.0 Å². The number of benzene rings is 1. The molecule has 0 saturated carbocycles. The molecule has 9 heteroatoms. The van der Waals surface area contributed by atoms with Crippen LogP contribution in [0.25, 0.3) is 0 Å². The Balaban J connectivity index is 1.57. The monoisotopic (exact) mass is 397 g/mol. The summed E-state index contributed by atoms with van der Waals surface area (Å²) in [4.78, 5) is 28.3. The Kier molecular flexibility index (Phi) is 5.81. The second-order valence-corrected chi connectivity index (χ2v) is 8.89. The smallest absolute Gasteiger partial charge is 0.225 e. The minimum atomic E-state index is -3.33. The first-order valence-electron chi connectivity index (χ1n) is 9.03. The van der Waals surface area contributed by atoms with Crippen molar-refractivity contribution in [2.75, 3.05) is 25.9 Å². The molecule has 148 valence electrons. The maximum absolute atomic E-state index is 13.8. The number of hydrogen-bond donors (Lipinski definition) is 1. The van der Waals surface area contributed by atoms with E-state index in [4.69, 9.17) is 0 Å². The Morgan fingerprint density at radius 3 is 2.74 bits per heavy atom. The van der Waals surface area contributed by atoms with Crippen molar-refractivity contribution in [1.82, 2.24) is 14.5 Å². The molecule has 2 amide bonds. The second kappa shape index (κ2) is 7.93. The second-order valence-electron chi connectivity index (χ2n) is 7.06. The van der Waals surface area contributed by atoms with Crippen molar-refractivity contribution in [1.29, 1.82) is 0 Å². The molecule has 2 atom stereocenters. The van der Waals surface area contributed by atoms with Crippen molar-refractivity contribution >= 4 is 21.8 Å². The summed E-state index contributed by atoms with van der Waals surface area (Å²) in [6.45, 7) is 1.03. The number of hydrogen-bond acceptors (Lipinski definition) is 4. The minimum Gasteiger partial charge on any atom is -0.337 e. The largest absolute Gasteiger partial charge is 0.337 e. The molecule has 3 rings (SSSR count). The zero-order chi connectivity index (χ0) is 19.6. The number of fused-ring (bicyclic) bond motifs is 1. The van der Waals surface area contributed by atoms with Crippen LogP contribution in [-0.4, -0.2) is 68.0 Å². The average Bonchev–Trinajstić information content (AvgIpc) is 3.11. The van der Waals surface area contributed by atoms with Crippen molar-refractivity contribution < 1.29 is 22.4 Å². The van der Waals surface area contributed by atoms with E-state index in [0.29, 0.717) is 31.5 Å². The number of carbonyl (C=O) groups is 2. The lowest BCUT2D eigenvalue weighted by Crippen LogP contribution is -2.41. The fourth-order valence-corrected chi connectivity index (χ4v) is 4.43. The minimum absolute atomic E-state index is 0.0203. The van der Waals surface area contributed by atoms with Crippen LogP contribution in [0.2, 0.25) is 0 Å². The van der Waals surface area contributed by atoms with Gasteiger partial charge < -0.3 is 9.80 Å². The molecule has 0 spiro atoms. The number of nitrogens with one attached hydrogen (secondary N) is 1. The normalized spacial score (nSPS) is 22.4. The zero-order valence-corrected chi connectivity index (χ0v) is 16.0. The molecular weight excluding hydrogens is 373 g/mol. The number of rotatable bonds is 7. The molecule has 1 aromatic carbocycles. The SMILES string of the molecule is CS(=O)(=O)NCCC(=O)N1CC[C@H]2[C@@H]1CC(=O)N2CCc1ccccc1F. The van der Waals surface area contributed by atoms with Crippen LogP contribution in [-0.2, 0) is 26.0 Å². The molecule has 7 nitrogen and oxygen atoms in total. The summed E-state index contributed by atoms with van der Waals surface area (Å²) >= 11 is 0. The summed E-state index contributed by atoms with van der Waals surface area (Å²) in [7, 11) is -3.33. The molecule has 2 aliphatic rings. The van der Waals surface area contributed by atoms with Crippen LogP contribution in [0.1, 0.15) is 24.8 Å². The molecule has 2 fully saturated rings. The Bertz CT molecular complexity index is 830. The first-order chi connectivity index (χ1) is 12.8. The van der Waals surface area contributed by atoms with Gasteiger partial charge in [-0.2, -0.15) is 0 Å². The fourth-order valence-electron chi connectivity index (χ4n) is 3.96. The summed E-state index contributed by atoms with van der Waals surface area (Å²) in [5.41, 5.74) is 0.575. The Labute approximate surface area is 158 Å².